The van der Waals surface area contributed by atoms with Crippen LogP contribution in [0.1, 0.15) is 83.9 Å². The van der Waals surface area contributed by atoms with Crippen LogP contribution in [0.2, 0.25) is 0 Å². The minimum Gasteiger partial charge on any atom is -0.480 e. The molecular formula is C30H47N3O7. The van der Waals surface area contributed by atoms with Gasteiger partial charge in [-0.05, 0) is 40.9 Å². The summed E-state index contributed by atoms with van der Waals surface area (Å²) in [5, 5.41) is 23.4. The highest BCUT2D eigenvalue weighted by molar-refractivity contribution is 5.88. The van der Waals surface area contributed by atoms with Crippen LogP contribution in [0, 0.1) is 17.8 Å². The summed E-state index contributed by atoms with van der Waals surface area (Å²) in [7, 11) is 0. The summed E-state index contributed by atoms with van der Waals surface area (Å²) in [4.78, 5) is 41.7. The molecule has 1 saturated heterocycles. The second-order valence-corrected chi connectivity index (χ2v) is 13.1. The van der Waals surface area contributed by atoms with Crippen LogP contribution in [-0.2, 0) is 32.2 Å². The summed E-state index contributed by atoms with van der Waals surface area (Å²) in [6.45, 7) is 14.8. The topological polar surface area (TPSA) is 129 Å². The van der Waals surface area contributed by atoms with E-state index in [0.29, 0.717) is 19.7 Å². The van der Waals surface area contributed by atoms with E-state index < -0.39 is 48.0 Å². The predicted molar refractivity (Wildman–Crippen MR) is 150 cm³/mol. The van der Waals surface area contributed by atoms with E-state index in [0.717, 1.165) is 36.0 Å². The van der Waals surface area contributed by atoms with E-state index in [4.69, 9.17) is 9.47 Å². The maximum Gasteiger partial charge on any atom is 0.410 e. The fraction of sp³-hybridized carbons (Fsp3) is 0.700. The number of ether oxygens (including phenoxy) is 2. The SMILES string of the molecule is CCCCC(C)(C)COC(O)N[C@H](C(=O)N1C[C@H](OC(=O)N2Cc3cccc(C)c3C2)C[C@H]1C(=O)O)C(C)(C)C. The Kier molecular flexibility index (Phi) is 10.2. The number of likely N-dealkylation sites (tertiary alicyclic amines) is 1. The number of nitrogens with one attached hydrogen (secondary N) is 1. The minimum atomic E-state index is -1.41. The third kappa shape index (κ3) is 7.95. The van der Waals surface area contributed by atoms with Crippen molar-refractivity contribution < 1.29 is 34.1 Å². The third-order valence-corrected chi connectivity index (χ3v) is 7.84. The van der Waals surface area contributed by atoms with Crippen LogP contribution in [0.3, 0.4) is 0 Å². The number of amides is 2. The average molecular weight is 562 g/mol. The molecule has 1 unspecified atom stereocenters. The number of unbranched alkanes of at least 4 members (excludes halogenated alkanes) is 1. The van der Waals surface area contributed by atoms with Gasteiger partial charge in [0, 0.05) is 19.5 Å². The number of benzene rings is 1. The molecule has 0 aromatic heterocycles. The van der Waals surface area contributed by atoms with Crippen molar-refractivity contribution >= 4 is 18.0 Å². The molecule has 224 valence electrons. The molecule has 10 heteroatoms. The molecule has 2 aliphatic rings. The van der Waals surface area contributed by atoms with Crippen LogP contribution in [0.4, 0.5) is 4.79 Å². The summed E-state index contributed by atoms with van der Waals surface area (Å²) < 4.78 is 11.4. The lowest BCUT2D eigenvalue weighted by molar-refractivity contribution is -0.164. The Hall–Kier alpha value is -2.69. The molecule has 3 N–H and O–H groups in total. The van der Waals surface area contributed by atoms with Crippen LogP contribution in [-0.4, -0.2) is 75.7 Å². The maximum atomic E-state index is 13.7. The Labute approximate surface area is 238 Å². The Morgan fingerprint density at radius 1 is 1.15 bits per heavy atom. The Balaban J connectivity index is 1.65. The van der Waals surface area contributed by atoms with E-state index in [1.807, 2.05) is 45.9 Å². The number of fused-ring (bicyclic) bond motifs is 1. The van der Waals surface area contributed by atoms with E-state index in [-0.39, 0.29) is 18.4 Å². The second kappa shape index (κ2) is 12.9. The lowest BCUT2D eigenvalue weighted by Gasteiger charge is -2.36. The van der Waals surface area contributed by atoms with Crippen molar-refractivity contribution in [1.29, 1.82) is 0 Å². The second-order valence-electron chi connectivity index (χ2n) is 13.1. The summed E-state index contributed by atoms with van der Waals surface area (Å²) in [6.07, 6.45) is 0.345. The number of nitrogens with zero attached hydrogens (tertiary/aromatic N) is 2. The van der Waals surface area contributed by atoms with Crippen molar-refractivity contribution in [3.8, 4) is 0 Å². The van der Waals surface area contributed by atoms with Gasteiger partial charge in [0.25, 0.3) is 0 Å². The number of aliphatic hydroxyl groups excluding tert-OH is 1. The van der Waals surface area contributed by atoms with Gasteiger partial charge < -0.3 is 24.6 Å². The van der Waals surface area contributed by atoms with Crippen molar-refractivity contribution in [3.05, 3.63) is 34.9 Å². The van der Waals surface area contributed by atoms with Gasteiger partial charge in [0.2, 0.25) is 12.3 Å². The molecule has 1 aromatic rings. The molecule has 1 fully saturated rings. The van der Waals surface area contributed by atoms with Gasteiger partial charge in [0.1, 0.15) is 12.1 Å². The fourth-order valence-electron chi connectivity index (χ4n) is 5.38. The number of rotatable bonds is 11. The number of aryl methyl sites for hydroxylation is 1. The van der Waals surface area contributed by atoms with E-state index in [2.05, 4.69) is 26.1 Å². The van der Waals surface area contributed by atoms with Gasteiger partial charge in [-0.1, -0.05) is 72.6 Å². The predicted octanol–water partition coefficient (Wildman–Crippen LogP) is 4.01. The normalized spacial score (nSPS) is 20.8. The molecule has 2 amide bonds. The number of aliphatic hydroxyl groups is 1. The van der Waals surface area contributed by atoms with Gasteiger partial charge >= 0.3 is 12.1 Å². The summed E-state index contributed by atoms with van der Waals surface area (Å²) in [5.41, 5.74) is 2.45. The van der Waals surface area contributed by atoms with E-state index in [1.54, 1.807) is 4.90 Å². The first-order chi connectivity index (χ1) is 18.6. The molecule has 2 aliphatic heterocycles. The molecule has 10 nitrogen and oxygen atoms in total. The van der Waals surface area contributed by atoms with E-state index in [1.165, 1.54) is 4.90 Å². The van der Waals surface area contributed by atoms with Crippen LogP contribution in [0.15, 0.2) is 18.2 Å². The monoisotopic (exact) mass is 561 g/mol. The van der Waals surface area contributed by atoms with Gasteiger partial charge in [-0.15, -0.1) is 0 Å². The van der Waals surface area contributed by atoms with Gasteiger partial charge in [-0.25, -0.2) is 9.59 Å². The van der Waals surface area contributed by atoms with Crippen molar-refractivity contribution in [2.75, 3.05) is 13.2 Å². The van der Waals surface area contributed by atoms with Gasteiger partial charge in [0.05, 0.1) is 19.2 Å². The van der Waals surface area contributed by atoms with E-state index in [9.17, 15) is 24.6 Å². The molecule has 2 heterocycles. The number of hydrogen-bond donors (Lipinski definition) is 3. The highest BCUT2D eigenvalue weighted by atomic mass is 16.6. The standard InChI is InChI=1S/C30H47N3O7/c1-8-9-13-30(6,7)18-39-27(37)31-24(29(3,4)5)25(34)33-16-21(14-23(33)26(35)36)40-28(38)32-15-20-12-10-11-19(2)22(20)17-32/h10-12,21,23-24,27,31,37H,8-9,13-18H2,1-7H3,(H,35,36)/t21-,23+,24-,27?/m1/s1. The maximum absolute atomic E-state index is 13.7. The molecule has 1 aromatic carbocycles. The zero-order valence-electron chi connectivity index (χ0n) is 25.0. The van der Waals surface area contributed by atoms with Crippen molar-refractivity contribution in [2.45, 2.75) is 112 Å². The number of carboxylic acid groups (broad SMARTS) is 1. The van der Waals surface area contributed by atoms with Crippen molar-refractivity contribution in [2.24, 2.45) is 10.8 Å². The lowest BCUT2D eigenvalue weighted by Crippen LogP contribution is -2.58. The molecule has 0 saturated carbocycles. The van der Waals surface area contributed by atoms with Crippen LogP contribution < -0.4 is 5.32 Å². The summed E-state index contributed by atoms with van der Waals surface area (Å²) in [6, 6.07) is 3.85. The number of carbonyl (C=O) groups is 3. The summed E-state index contributed by atoms with van der Waals surface area (Å²) in [5.74, 6) is -1.66. The highest BCUT2D eigenvalue weighted by Crippen LogP contribution is 2.30. The molecule has 0 aliphatic carbocycles. The van der Waals surface area contributed by atoms with Crippen LogP contribution in [0.25, 0.3) is 0 Å². The third-order valence-electron chi connectivity index (χ3n) is 7.84. The molecular weight excluding hydrogens is 514 g/mol. The number of carboxylic acids is 1. The smallest absolute Gasteiger partial charge is 0.410 e. The molecule has 3 rings (SSSR count). The van der Waals surface area contributed by atoms with Crippen LogP contribution >= 0.6 is 0 Å². The molecule has 0 spiro atoms. The van der Waals surface area contributed by atoms with Gasteiger partial charge in [-0.3, -0.25) is 15.0 Å². The highest BCUT2D eigenvalue weighted by Gasteiger charge is 2.46. The number of aliphatic carboxylic acids is 1. The molecule has 4 atom stereocenters. The largest absolute Gasteiger partial charge is 0.480 e. The fourth-order valence-corrected chi connectivity index (χ4v) is 5.38. The van der Waals surface area contributed by atoms with Crippen molar-refractivity contribution in [1.82, 2.24) is 15.1 Å². The van der Waals surface area contributed by atoms with Gasteiger partial charge in [0.15, 0.2) is 0 Å². The molecule has 40 heavy (non-hydrogen) atoms. The Morgan fingerprint density at radius 3 is 2.45 bits per heavy atom. The average Bonchev–Trinajstić information content (AvgIpc) is 3.49. The van der Waals surface area contributed by atoms with Gasteiger partial charge in [-0.2, -0.15) is 0 Å². The minimum absolute atomic E-state index is 0.00579. The van der Waals surface area contributed by atoms with Crippen LogP contribution in [0.5, 0.6) is 0 Å². The Bertz CT molecular complexity index is 1070. The van der Waals surface area contributed by atoms with E-state index >= 15 is 0 Å². The molecule has 0 bridgehead atoms. The number of hydrogen-bond acceptors (Lipinski definition) is 7. The first-order valence-corrected chi connectivity index (χ1v) is 14.2. The lowest BCUT2D eigenvalue weighted by atomic mass is 9.85. The quantitative estimate of drug-likeness (QED) is 0.346. The van der Waals surface area contributed by atoms with Crippen molar-refractivity contribution in [3.63, 3.8) is 0 Å². The first kappa shape index (κ1) is 31.8. The molecule has 0 radical (unpaired) electrons. The summed E-state index contributed by atoms with van der Waals surface area (Å²) >= 11 is 0. The first-order valence-electron chi connectivity index (χ1n) is 14.2. The zero-order chi connectivity index (χ0) is 29.8. The Morgan fingerprint density at radius 2 is 1.85 bits per heavy atom. The zero-order valence-corrected chi connectivity index (χ0v) is 25.0. The number of carbonyl (C=O) groups excluding carboxylic acids is 2.